The van der Waals surface area contributed by atoms with Gasteiger partial charge in [0.05, 0.1) is 11.7 Å². The van der Waals surface area contributed by atoms with Crippen molar-refractivity contribution >= 4 is 30.1 Å². The summed E-state index contributed by atoms with van der Waals surface area (Å²) in [6.07, 6.45) is 3.38. The number of hydrogen-bond acceptors (Lipinski definition) is 8. The smallest absolute Gasteiger partial charge is 0.408 e. The third-order valence-corrected chi connectivity index (χ3v) is 6.47. The maximum Gasteiger partial charge on any atom is 0.408 e. The maximum atomic E-state index is 13.5. The van der Waals surface area contributed by atoms with Crippen LogP contribution in [0.25, 0.3) is 0 Å². The molecular weight excluding hydrogens is 530 g/mol. The lowest BCUT2D eigenvalue weighted by Gasteiger charge is -2.25. The van der Waals surface area contributed by atoms with Gasteiger partial charge in [-0.25, -0.2) is 4.79 Å². The van der Waals surface area contributed by atoms with Crippen LogP contribution >= 0.6 is 0 Å². The van der Waals surface area contributed by atoms with Gasteiger partial charge in [-0.15, -0.1) is 5.10 Å². The van der Waals surface area contributed by atoms with Crippen LogP contribution in [0.1, 0.15) is 57.2 Å². The Bertz CT molecular complexity index is 1170. The molecule has 2 bridgehead atoms. The molecule has 41 heavy (non-hydrogen) atoms. The number of hydrogen-bond donors (Lipinski definition) is 4. The van der Waals surface area contributed by atoms with Crippen LogP contribution < -0.4 is 21.3 Å². The van der Waals surface area contributed by atoms with Gasteiger partial charge >= 0.3 is 6.09 Å². The third-order valence-electron chi connectivity index (χ3n) is 6.47. The van der Waals surface area contributed by atoms with Crippen molar-refractivity contribution in [1.82, 2.24) is 36.3 Å². The SMILES string of the molecule is CC(C)C[C@@H]1NC(=O)[C@@H](NC(=O)OCc2ccccc2)Cc2cn(nn2)CCCCNC(=O)CC[C@@H](C=O)NC1=O. The van der Waals surface area contributed by atoms with Crippen LogP contribution in [-0.4, -0.2) is 69.8 Å². The van der Waals surface area contributed by atoms with E-state index in [0.717, 1.165) is 12.0 Å². The molecule has 0 unspecified atom stereocenters. The standard InChI is InChI=1S/C28H39N7O6/c1-19(2)14-23-26(38)30-21(17-36)10-11-25(37)29-12-6-7-13-35-16-22(33-34-35)15-24(27(39)31-23)32-28(40)41-18-20-8-4-3-5-9-20/h3-5,8-9,16-17,19,21,23-24H,6-7,10-15,18H2,1-2H3,(H,29,37)(H,30,38)(H,31,39)(H,32,40)/t21-,23-,24-/m0/s1. The van der Waals surface area contributed by atoms with Gasteiger partial charge in [0.25, 0.3) is 0 Å². The first-order valence-corrected chi connectivity index (χ1v) is 13.9. The van der Waals surface area contributed by atoms with E-state index in [9.17, 15) is 24.0 Å². The number of amides is 4. The molecule has 2 heterocycles. The summed E-state index contributed by atoms with van der Waals surface area (Å²) >= 11 is 0. The zero-order chi connectivity index (χ0) is 29.6. The molecular formula is C28H39N7O6. The van der Waals surface area contributed by atoms with Gasteiger partial charge in [-0.1, -0.05) is 49.4 Å². The monoisotopic (exact) mass is 569 g/mol. The Morgan fingerprint density at radius 2 is 1.93 bits per heavy atom. The molecule has 13 heteroatoms. The largest absolute Gasteiger partial charge is 0.445 e. The lowest BCUT2D eigenvalue weighted by Crippen LogP contribution is -2.56. The second-order valence-corrected chi connectivity index (χ2v) is 10.5. The van der Waals surface area contributed by atoms with E-state index in [0.29, 0.717) is 31.5 Å². The molecule has 0 fully saturated rings. The van der Waals surface area contributed by atoms with Gasteiger partial charge in [-0.3, -0.25) is 19.1 Å². The average molecular weight is 570 g/mol. The molecule has 4 amide bonds. The van der Waals surface area contributed by atoms with Gasteiger partial charge in [0.2, 0.25) is 17.7 Å². The summed E-state index contributed by atoms with van der Waals surface area (Å²) in [5.74, 6) is -1.36. The predicted molar refractivity (Wildman–Crippen MR) is 148 cm³/mol. The molecule has 0 saturated carbocycles. The van der Waals surface area contributed by atoms with Crippen molar-refractivity contribution in [3.63, 3.8) is 0 Å². The van der Waals surface area contributed by atoms with E-state index in [2.05, 4.69) is 31.6 Å². The number of benzene rings is 1. The van der Waals surface area contributed by atoms with E-state index in [4.69, 9.17) is 4.74 Å². The van der Waals surface area contributed by atoms with Gasteiger partial charge in [0, 0.05) is 32.1 Å². The van der Waals surface area contributed by atoms with Crippen LogP contribution in [0.5, 0.6) is 0 Å². The topological polar surface area (TPSA) is 173 Å². The Balaban J connectivity index is 1.79. The second-order valence-electron chi connectivity index (χ2n) is 10.5. The molecule has 1 aliphatic heterocycles. The number of fused-ring (bicyclic) bond motifs is 2. The molecule has 0 radical (unpaired) electrons. The number of carbonyl (C=O) groups is 5. The number of carbonyl (C=O) groups excluding carboxylic acids is 5. The number of alkyl carbamates (subject to hydrolysis) is 1. The van der Waals surface area contributed by atoms with Crippen molar-refractivity contribution in [1.29, 1.82) is 0 Å². The molecule has 13 nitrogen and oxygen atoms in total. The van der Waals surface area contributed by atoms with E-state index in [-0.39, 0.29) is 44.1 Å². The van der Waals surface area contributed by atoms with E-state index in [1.165, 1.54) is 0 Å². The second kappa shape index (κ2) is 16.1. The Labute approximate surface area is 239 Å². The minimum Gasteiger partial charge on any atom is -0.445 e. The van der Waals surface area contributed by atoms with Gasteiger partial charge in [0.15, 0.2) is 0 Å². The number of nitrogens with zero attached hydrogens (tertiary/aromatic N) is 3. The van der Waals surface area contributed by atoms with Crippen LogP contribution in [0.3, 0.4) is 0 Å². The van der Waals surface area contributed by atoms with Crippen LogP contribution in [0.4, 0.5) is 4.79 Å². The van der Waals surface area contributed by atoms with E-state index in [1.54, 1.807) is 10.9 Å². The highest BCUT2D eigenvalue weighted by atomic mass is 16.5. The van der Waals surface area contributed by atoms with Crippen molar-refractivity contribution in [3.05, 3.63) is 47.8 Å². The minimum absolute atomic E-state index is 0.00923. The van der Waals surface area contributed by atoms with Crippen molar-refractivity contribution in [3.8, 4) is 0 Å². The predicted octanol–water partition coefficient (Wildman–Crippen LogP) is 1.02. The summed E-state index contributed by atoms with van der Waals surface area (Å²) in [5.41, 5.74) is 1.25. The Morgan fingerprint density at radius 3 is 2.66 bits per heavy atom. The van der Waals surface area contributed by atoms with Gasteiger partial charge in [-0.2, -0.15) is 0 Å². The molecule has 0 aliphatic carbocycles. The molecule has 0 spiro atoms. The fraction of sp³-hybridized carbons (Fsp3) is 0.536. The summed E-state index contributed by atoms with van der Waals surface area (Å²) in [4.78, 5) is 63.2. The highest BCUT2D eigenvalue weighted by molar-refractivity contribution is 5.92. The first-order chi connectivity index (χ1) is 19.7. The molecule has 3 rings (SSSR count). The summed E-state index contributed by atoms with van der Waals surface area (Å²) in [5, 5.41) is 19.0. The molecule has 222 valence electrons. The number of nitrogens with one attached hydrogen (secondary N) is 4. The van der Waals surface area contributed by atoms with Crippen molar-refractivity contribution < 1.29 is 28.7 Å². The molecule has 3 atom stereocenters. The summed E-state index contributed by atoms with van der Waals surface area (Å²) < 4.78 is 6.96. The quantitative estimate of drug-likeness (QED) is 0.373. The fourth-order valence-electron chi connectivity index (χ4n) is 4.30. The Morgan fingerprint density at radius 1 is 1.15 bits per heavy atom. The first-order valence-electron chi connectivity index (χ1n) is 13.9. The van der Waals surface area contributed by atoms with Crippen LogP contribution in [0.15, 0.2) is 36.5 Å². The zero-order valence-corrected chi connectivity index (χ0v) is 23.5. The summed E-state index contributed by atoms with van der Waals surface area (Å²) in [6, 6.07) is 6.13. The number of aromatic nitrogens is 3. The van der Waals surface area contributed by atoms with Gasteiger partial charge < -0.3 is 30.8 Å². The van der Waals surface area contributed by atoms with Gasteiger partial charge in [-0.05, 0) is 37.2 Å². The van der Waals surface area contributed by atoms with Crippen LogP contribution in [0.2, 0.25) is 0 Å². The number of rotatable bonds is 6. The van der Waals surface area contributed by atoms with Gasteiger partial charge in [0.1, 0.15) is 25.0 Å². The lowest BCUT2D eigenvalue weighted by atomic mass is 10.0. The highest BCUT2D eigenvalue weighted by Gasteiger charge is 2.30. The summed E-state index contributed by atoms with van der Waals surface area (Å²) in [6.45, 7) is 4.81. The number of aryl methyl sites for hydroxylation is 1. The molecule has 1 aromatic carbocycles. The van der Waals surface area contributed by atoms with Crippen molar-refractivity contribution in [2.45, 2.75) is 83.6 Å². The minimum atomic E-state index is -1.11. The van der Waals surface area contributed by atoms with Crippen molar-refractivity contribution in [2.75, 3.05) is 6.54 Å². The third kappa shape index (κ3) is 11.0. The van der Waals surface area contributed by atoms with E-state index < -0.39 is 36.0 Å². The Kier molecular flexibility index (Phi) is 12.3. The molecule has 1 aliphatic rings. The van der Waals surface area contributed by atoms with Crippen LogP contribution in [-0.2, 0) is 43.5 Å². The average Bonchev–Trinajstić information content (AvgIpc) is 3.40. The maximum absolute atomic E-state index is 13.5. The number of ether oxygens (including phenoxy) is 1. The van der Waals surface area contributed by atoms with Crippen molar-refractivity contribution in [2.24, 2.45) is 5.92 Å². The van der Waals surface area contributed by atoms with E-state index >= 15 is 0 Å². The molecule has 4 N–H and O–H groups in total. The number of aldehydes is 1. The normalized spacial score (nSPS) is 21.3. The molecule has 1 aromatic heterocycles. The highest BCUT2D eigenvalue weighted by Crippen LogP contribution is 2.09. The van der Waals surface area contributed by atoms with E-state index in [1.807, 2.05) is 44.2 Å². The Hall–Kier alpha value is -4.29. The lowest BCUT2D eigenvalue weighted by molar-refractivity contribution is -0.131. The zero-order valence-electron chi connectivity index (χ0n) is 23.5. The summed E-state index contributed by atoms with van der Waals surface area (Å²) in [7, 11) is 0. The van der Waals surface area contributed by atoms with Crippen LogP contribution in [0, 0.1) is 5.92 Å². The molecule has 0 saturated heterocycles. The molecule has 2 aromatic rings. The first kappa shape index (κ1) is 31.2. The fourth-order valence-corrected chi connectivity index (χ4v) is 4.30.